The van der Waals surface area contributed by atoms with Crippen molar-refractivity contribution in [3.05, 3.63) is 114 Å². The molecule has 0 spiro atoms. The second-order valence-electron chi connectivity index (χ2n) is 10.6. The highest BCUT2D eigenvalue weighted by molar-refractivity contribution is 7.07. The first-order valence-corrected chi connectivity index (χ1v) is 15.9. The second-order valence-corrected chi connectivity index (χ2v) is 11.6. The van der Waals surface area contributed by atoms with E-state index in [0.29, 0.717) is 73.4 Å². The fraction of sp³-hybridized carbons (Fsp3) is 0.278. The average Bonchev–Trinajstić information content (AvgIpc) is 3.40. The summed E-state index contributed by atoms with van der Waals surface area (Å²) in [5, 5.41) is 9.41. The number of thiazole rings is 1. The van der Waals surface area contributed by atoms with Gasteiger partial charge in [0.2, 0.25) is 0 Å². The molecule has 1 atom stereocenters. The molecule has 10 nitrogen and oxygen atoms in total. The van der Waals surface area contributed by atoms with Crippen molar-refractivity contribution in [3.63, 3.8) is 0 Å². The fourth-order valence-electron chi connectivity index (χ4n) is 5.58. The summed E-state index contributed by atoms with van der Waals surface area (Å²) >= 11 is 1.24. The fourth-order valence-corrected chi connectivity index (χ4v) is 6.63. The van der Waals surface area contributed by atoms with Gasteiger partial charge in [0.05, 0.1) is 48.8 Å². The topological polar surface area (TPSA) is 115 Å². The van der Waals surface area contributed by atoms with E-state index in [9.17, 15) is 14.9 Å². The van der Waals surface area contributed by atoms with Crippen LogP contribution in [0, 0.1) is 11.3 Å². The first-order valence-electron chi connectivity index (χ1n) is 15.1. The summed E-state index contributed by atoms with van der Waals surface area (Å²) in [4.78, 5) is 35.2. The maximum atomic E-state index is 14.3. The third-order valence-electron chi connectivity index (χ3n) is 8.04. The van der Waals surface area contributed by atoms with Crippen molar-refractivity contribution in [3.8, 4) is 29.1 Å². The van der Waals surface area contributed by atoms with E-state index in [0.717, 1.165) is 5.56 Å². The molecule has 0 bridgehead atoms. The summed E-state index contributed by atoms with van der Waals surface area (Å²) in [5.74, 6) is 1.86. The number of carbonyl (C=O) groups excluding carboxylic acids is 1. The molecule has 1 aromatic heterocycles. The number of hydrogen-bond acceptors (Lipinski definition) is 9. The predicted molar refractivity (Wildman–Crippen MR) is 180 cm³/mol. The molecule has 1 aliphatic heterocycles. The second kappa shape index (κ2) is 14.4. The van der Waals surface area contributed by atoms with Gasteiger partial charge in [0, 0.05) is 24.2 Å². The zero-order valence-electron chi connectivity index (χ0n) is 27.2. The zero-order valence-corrected chi connectivity index (χ0v) is 28.0. The Labute approximate surface area is 277 Å². The van der Waals surface area contributed by atoms with Gasteiger partial charge in [0.15, 0.2) is 16.3 Å². The molecule has 0 saturated carbocycles. The van der Waals surface area contributed by atoms with E-state index in [4.69, 9.17) is 23.9 Å². The number of methoxy groups -OCH3 is 3. The van der Waals surface area contributed by atoms with Crippen molar-refractivity contribution in [1.29, 1.82) is 5.26 Å². The summed E-state index contributed by atoms with van der Waals surface area (Å²) < 4.78 is 24.9. The van der Waals surface area contributed by atoms with Crippen molar-refractivity contribution in [2.24, 2.45) is 4.99 Å². The van der Waals surface area contributed by atoms with Crippen LogP contribution in [0.3, 0.4) is 0 Å². The molecule has 1 aliphatic rings. The van der Waals surface area contributed by atoms with Gasteiger partial charge in [-0.15, -0.1) is 0 Å². The number of aromatic nitrogens is 1. The maximum absolute atomic E-state index is 14.3. The number of likely N-dealkylation sites (N-methyl/N-ethyl adjacent to an activating group) is 1. The smallest absolute Gasteiger partial charge is 0.271 e. The average molecular weight is 653 g/mol. The summed E-state index contributed by atoms with van der Waals surface area (Å²) in [5.41, 5.74) is 3.27. The number of rotatable bonds is 11. The van der Waals surface area contributed by atoms with Crippen LogP contribution in [0.15, 0.2) is 81.7 Å². The first kappa shape index (κ1) is 33.0. The Morgan fingerprint density at radius 3 is 2.40 bits per heavy atom. The lowest BCUT2D eigenvalue weighted by molar-refractivity contribution is -0.127. The van der Waals surface area contributed by atoms with Gasteiger partial charge in [-0.2, -0.15) is 5.26 Å². The number of nitrogens with zero attached hydrogens (tertiary/aromatic N) is 4. The van der Waals surface area contributed by atoms with Gasteiger partial charge in [-0.3, -0.25) is 14.2 Å². The van der Waals surface area contributed by atoms with Crippen molar-refractivity contribution >= 4 is 23.3 Å². The minimum Gasteiger partial charge on any atom is -0.497 e. The van der Waals surface area contributed by atoms with Crippen LogP contribution in [0.25, 0.3) is 6.08 Å². The lowest BCUT2D eigenvalue weighted by Crippen LogP contribution is -2.43. The van der Waals surface area contributed by atoms with Crippen LogP contribution in [0.5, 0.6) is 23.0 Å². The quantitative estimate of drug-likeness (QED) is 0.233. The largest absolute Gasteiger partial charge is 0.497 e. The number of nitriles is 1. The molecular formula is C36H36N4O6S. The maximum Gasteiger partial charge on any atom is 0.271 e. The van der Waals surface area contributed by atoms with Crippen LogP contribution in [0.2, 0.25) is 0 Å². The standard InChI is InChI=1S/C36H36N4O6S/c1-7-39(8-2)35(42)32-22(3)38-36-40(33(32)27-19-26(43-4)14-16-28(27)44-5)34(41)31(47-36)18-23-13-15-29(30(17-23)45-6)46-21-25-12-10-9-11-24(25)20-37/h9-19,33H,7-8,21H2,1-6H3/b31-18+/t33-/m0/s1. The van der Waals surface area contributed by atoms with Crippen molar-refractivity contribution in [1.82, 2.24) is 9.47 Å². The monoisotopic (exact) mass is 652 g/mol. The highest BCUT2D eigenvalue weighted by Crippen LogP contribution is 2.38. The molecule has 2 heterocycles. The van der Waals surface area contributed by atoms with Gasteiger partial charge in [-0.1, -0.05) is 35.6 Å². The van der Waals surface area contributed by atoms with Crippen LogP contribution in [0.4, 0.5) is 0 Å². The van der Waals surface area contributed by atoms with E-state index in [-0.39, 0.29) is 18.1 Å². The third-order valence-corrected chi connectivity index (χ3v) is 9.02. The highest BCUT2D eigenvalue weighted by atomic mass is 32.1. The lowest BCUT2D eigenvalue weighted by Gasteiger charge is -2.30. The first-order chi connectivity index (χ1) is 22.8. The van der Waals surface area contributed by atoms with Crippen molar-refractivity contribution in [2.75, 3.05) is 34.4 Å². The lowest BCUT2D eigenvalue weighted by atomic mass is 9.93. The molecule has 242 valence electrons. The molecule has 3 aromatic carbocycles. The molecule has 1 amide bonds. The summed E-state index contributed by atoms with van der Waals surface area (Å²) in [6, 6.07) is 19.4. The predicted octanol–water partition coefficient (Wildman–Crippen LogP) is 4.58. The number of fused-ring (bicyclic) bond motifs is 1. The van der Waals surface area contributed by atoms with E-state index in [1.54, 1.807) is 80.2 Å². The number of carbonyl (C=O) groups is 1. The number of benzene rings is 3. The van der Waals surface area contributed by atoms with Crippen LogP contribution < -0.4 is 33.8 Å². The molecule has 5 rings (SSSR count). The van der Waals surface area contributed by atoms with Gasteiger partial charge >= 0.3 is 0 Å². The summed E-state index contributed by atoms with van der Waals surface area (Å²) in [6.45, 7) is 6.84. The van der Waals surface area contributed by atoms with Crippen LogP contribution >= 0.6 is 11.3 Å². The van der Waals surface area contributed by atoms with Crippen molar-refractivity contribution in [2.45, 2.75) is 33.4 Å². The number of ether oxygens (including phenoxy) is 4. The molecule has 0 aliphatic carbocycles. The molecule has 0 N–H and O–H groups in total. The molecule has 4 aromatic rings. The Bertz CT molecular complexity index is 2070. The molecule has 47 heavy (non-hydrogen) atoms. The van der Waals surface area contributed by atoms with Gasteiger partial charge < -0.3 is 23.8 Å². The Kier molecular flexibility index (Phi) is 10.1. The van der Waals surface area contributed by atoms with Crippen LogP contribution in [0.1, 0.15) is 49.1 Å². The Hall–Kier alpha value is -5.34. The normalized spacial score (nSPS) is 14.1. The van der Waals surface area contributed by atoms with Crippen LogP contribution in [-0.4, -0.2) is 49.8 Å². The number of hydrogen-bond donors (Lipinski definition) is 0. The Morgan fingerprint density at radius 2 is 1.72 bits per heavy atom. The van der Waals surface area contributed by atoms with Gasteiger partial charge in [-0.25, -0.2) is 4.99 Å². The van der Waals surface area contributed by atoms with E-state index in [1.165, 1.54) is 11.3 Å². The van der Waals surface area contributed by atoms with E-state index < -0.39 is 6.04 Å². The Morgan fingerprint density at radius 1 is 1.00 bits per heavy atom. The van der Waals surface area contributed by atoms with E-state index >= 15 is 0 Å². The third kappa shape index (κ3) is 6.50. The zero-order chi connectivity index (χ0) is 33.7. The Balaban J connectivity index is 1.61. The molecule has 0 saturated heterocycles. The minimum atomic E-state index is -0.798. The number of allylic oxidation sites excluding steroid dienone is 1. The molecule has 11 heteroatoms. The summed E-state index contributed by atoms with van der Waals surface area (Å²) in [6.07, 6.45) is 1.77. The molecule has 0 unspecified atom stereocenters. The number of amides is 1. The van der Waals surface area contributed by atoms with Crippen LogP contribution in [-0.2, 0) is 11.4 Å². The van der Waals surface area contributed by atoms with Crippen molar-refractivity contribution < 1.29 is 23.7 Å². The van der Waals surface area contributed by atoms with E-state index in [1.807, 2.05) is 38.1 Å². The summed E-state index contributed by atoms with van der Waals surface area (Å²) in [7, 11) is 4.66. The van der Waals surface area contributed by atoms with E-state index in [2.05, 4.69) is 6.07 Å². The van der Waals surface area contributed by atoms with Gasteiger partial charge in [-0.05, 0) is 68.8 Å². The van der Waals surface area contributed by atoms with Gasteiger partial charge in [0.1, 0.15) is 24.1 Å². The minimum absolute atomic E-state index is 0.194. The molecule has 0 fully saturated rings. The SMILES string of the molecule is CCN(CC)C(=O)C1=C(C)N=c2s/c(=C/c3ccc(OCc4ccccc4C#N)c(OC)c3)c(=O)n2[C@H]1c1cc(OC)ccc1OC. The molecule has 0 radical (unpaired) electrons. The molecular weight excluding hydrogens is 616 g/mol. The van der Waals surface area contributed by atoms with Gasteiger partial charge in [0.25, 0.3) is 11.5 Å². The highest BCUT2D eigenvalue weighted by Gasteiger charge is 2.36.